The first-order valence-corrected chi connectivity index (χ1v) is 6.07. The van der Waals surface area contributed by atoms with Gasteiger partial charge in [0, 0.05) is 18.0 Å². The van der Waals surface area contributed by atoms with E-state index in [9.17, 15) is 13.2 Å². The number of pyridine rings is 1. The van der Waals surface area contributed by atoms with E-state index < -0.39 is 11.7 Å². The molecule has 0 spiro atoms. The van der Waals surface area contributed by atoms with Gasteiger partial charge in [0.05, 0.1) is 11.3 Å². The summed E-state index contributed by atoms with van der Waals surface area (Å²) in [6, 6.07) is 10.1. The van der Waals surface area contributed by atoms with Gasteiger partial charge in [0.1, 0.15) is 5.65 Å². The highest BCUT2D eigenvalue weighted by atomic mass is 19.4. The van der Waals surface area contributed by atoms with Crippen molar-refractivity contribution in [2.45, 2.75) is 13.1 Å². The largest absolute Gasteiger partial charge is 0.417 e. The van der Waals surface area contributed by atoms with Crippen LogP contribution in [-0.2, 0) is 6.18 Å². The number of fused-ring (bicyclic) bond motifs is 1. The van der Waals surface area contributed by atoms with Gasteiger partial charge in [0.2, 0.25) is 0 Å². The number of rotatable bonds is 1. The van der Waals surface area contributed by atoms with Gasteiger partial charge in [-0.3, -0.25) is 0 Å². The summed E-state index contributed by atoms with van der Waals surface area (Å²) in [5.74, 6) is 0. The summed E-state index contributed by atoms with van der Waals surface area (Å²) in [4.78, 5) is 4.36. The number of benzene rings is 1. The maximum absolute atomic E-state index is 12.7. The fourth-order valence-corrected chi connectivity index (χ4v) is 2.15. The van der Waals surface area contributed by atoms with E-state index in [1.54, 1.807) is 6.20 Å². The minimum atomic E-state index is -4.35. The second-order valence-electron chi connectivity index (χ2n) is 4.62. The van der Waals surface area contributed by atoms with Crippen molar-refractivity contribution in [3.8, 4) is 11.3 Å². The predicted molar refractivity (Wildman–Crippen MR) is 70.4 cm³/mol. The SMILES string of the molecule is Cc1ccccc1-c1cn2cc(C(F)(F)F)ccc2n1. The zero-order chi connectivity index (χ0) is 14.3. The molecular formula is C15H11F3N2. The number of nitrogens with zero attached hydrogens (tertiary/aromatic N) is 2. The average Bonchev–Trinajstić information content (AvgIpc) is 2.80. The van der Waals surface area contributed by atoms with E-state index in [0.717, 1.165) is 23.4 Å². The summed E-state index contributed by atoms with van der Waals surface area (Å²) in [5, 5.41) is 0. The van der Waals surface area contributed by atoms with Crippen LogP contribution in [0.1, 0.15) is 11.1 Å². The second kappa shape index (κ2) is 4.37. The molecule has 1 aromatic carbocycles. The van der Waals surface area contributed by atoms with Gasteiger partial charge in [0.15, 0.2) is 0 Å². The first-order valence-electron chi connectivity index (χ1n) is 6.07. The number of hydrogen-bond acceptors (Lipinski definition) is 1. The monoisotopic (exact) mass is 276 g/mol. The number of aromatic nitrogens is 2. The van der Waals surface area contributed by atoms with Gasteiger partial charge < -0.3 is 4.40 Å². The Morgan fingerprint density at radius 3 is 2.45 bits per heavy atom. The van der Waals surface area contributed by atoms with Crippen LogP contribution >= 0.6 is 0 Å². The molecule has 5 heteroatoms. The molecule has 0 radical (unpaired) electrons. The molecule has 0 aliphatic carbocycles. The first kappa shape index (κ1) is 12.7. The number of aryl methyl sites for hydroxylation is 1. The molecule has 0 amide bonds. The maximum atomic E-state index is 12.7. The summed E-state index contributed by atoms with van der Waals surface area (Å²) >= 11 is 0. The number of hydrogen-bond donors (Lipinski definition) is 0. The Kier molecular flexibility index (Phi) is 2.78. The van der Waals surface area contributed by atoms with E-state index in [0.29, 0.717) is 11.3 Å². The van der Waals surface area contributed by atoms with Gasteiger partial charge in [0.25, 0.3) is 0 Å². The van der Waals surface area contributed by atoms with Crippen LogP contribution in [0.4, 0.5) is 13.2 Å². The number of halogens is 3. The molecule has 2 heterocycles. The lowest BCUT2D eigenvalue weighted by Crippen LogP contribution is -2.05. The fourth-order valence-electron chi connectivity index (χ4n) is 2.15. The summed E-state index contributed by atoms with van der Waals surface area (Å²) in [7, 11) is 0. The molecule has 3 aromatic rings. The second-order valence-corrected chi connectivity index (χ2v) is 4.62. The Bertz CT molecular complexity index is 772. The van der Waals surface area contributed by atoms with Crippen molar-refractivity contribution in [2.24, 2.45) is 0 Å². The Morgan fingerprint density at radius 2 is 1.75 bits per heavy atom. The van der Waals surface area contributed by atoms with Crippen LogP contribution < -0.4 is 0 Å². The molecule has 0 bridgehead atoms. The molecule has 0 saturated heterocycles. The quantitative estimate of drug-likeness (QED) is 0.646. The Labute approximate surface area is 113 Å². The minimum absolute atomic E-state index is 0.497. The zero-order valence-electron chi connectivity index (χ0n) is 10.6. The summed E-state index contributed by atoms with van der Waals surface area (Å²) in [6.07, 6.45) is -1.67. The van der Waals surface area contributed by atoms with Gasteiger partial charge in [-0.1, -0.05) is 24.3 Å². The molecule has 0 saturated carbocycles. The molecule has 0 aliphatic heterocycles. The first-order chi connectivity index (χ1) is 9.45. The van der Waals surface area contributed by atoms with Crippen LogP contribution in [0.2, 0.25) is 0 Å². The summed E-state index contributed by atoms with van der Waals surface area (Å²) in [6.45, 7) is 1.94. The minimum Gasteiger partial charge on any atom is -0.306 e. The van der Waals surface area contributed by atoms with Gasteiger partial charge >= 0.3 is 6.18 Å². The van der Waals surface area contributed by atoms with Crippen molar-refractivity contribution < 1.29 is 13.2 Å². The molecule has 0 aliphatic rings. The van der Waals surface area contributed by atoms with Crippen molar-refractivity contribution in [3.63, 3.8) is 0 Å². The predicted octanol–water partition coefficient (Wildman–Crippen LogP) is 4.33. The van der Waals surface area contributed by atoms with Gasteiger partial charge in [-0.2, -0.15) is 13.2 Å². The van der Waals surface area contributed by atoms with Gasteiger partial charge in [-0.05, 0) is 24.6 Å². The summed E-state index contributed by atoms with van der Waals surface area (Å²) < 4.78 is 39.4. The van der Waals surface area contributed by atoms with E-state index in [1.807, 2.05) is 31.2 Å². The highest BCUT2D eigenvalue weighted by molar-refractivity contribution is 5.66. The molecule has 0 N–H and O–H groups in total. The van der Waals surface area contributed by atoms with Crippen molar-refractivity contribution in [1.29, 1.82) is 0 Å². The van der Waals surface area contributed by atoms with E-state index in [1.165, 1.54) is 10.5 Å². The van der Waals surface area contributed by atoms with E-state index in [2.05, 4.69) is 4.98 Å². The van der Waals surface area contributed by atoms with E-state index in [-0.39, 0.29) is 0 Å². The molecule has 2 nitrogen and oxygen atoms in total. The third-order valence-corrected chi connectivity index (χ3v) is 3.20. The van der Waals surface area contributed by atoms with Crippen LogP contribution in [0.25, 0.3) is 16.9 Å². The third kappa shape index (κ3) is 2.15. The molecule has 20 heavy (non-hydrogen) atoms. The highest BCUT2D eigenvalue weighted by Crippen LogP contribution is 2.30. The molecule has 3 rings (SSSR count). The average molecular weight is 276 g/mol. The van der Waals surface area contributed by atoms with Gasteiger partial charge in [-0.25, -0.2) is 4.98 Å². The molecule has 0 atom stereocenters. The normalized spacial score (nSPS) is 12.0. The topological polar surface area (TPSA) is 17.3 Å². The summed E-state index contributed by atoms with van der Waals surface area (Å²) in [5.41, 5.74) is 2.44. The van der Waals surface area contributed by atoms with Crippen molar-refractivity contribution in [2.75, 3.05) is 0 Å². The van der Waals surface area contributed by atoms with Crippen LogP contribution in [-0.4, -0.2) is 9.38 Å². The zero-order valence-corrected chi connectivity index (χ0v) is 10.6. The maximum Gasteiger partial charge on any atom is 0.417 e. The highest BCUT2D eigenvalue weighted by Gasteiger charge is 2.30. The standard InChI is InChI=1S/C15H11F3N2/c1-10-4-2-3-5-12(10)13-9-20-8-11(15(16,17)18)6-7-14(20)19-13/h2-9H,1H3. The van der Waals surface area contributed by atoms with Gasteiger partial charge in [-0.15, -0.1) is 0 Å². The number of alkyl halides is 3. The Hall–Kier alpha value is -2.30. The van der Waals surface area contributed by atoms with Crippen LogP contribution in [0.5, 0.6) is 0 Å². The molecule has 102 valence electrons. The molecule has 0 fully saturated rings. The van der Waals surface area contributed by atoms with Crippen molar-refractivity contribution in [3.05, 3.63) is 59.9 Å². The molecule has 2 aromatic heterocycles. The van der Waals surface area contributed by atoms with Crippen LogP contribution in [0.15, 0.2) is 48.8 Å². The lowest BCUT2D eigenvalue weighted by molar-refractivity contribution is -0.137. The lowest BCUT2D eigenvalue weighted by Gasteiger charge is -2.05. The van der Waals surface area contributed by atoms with E-state index >= 15 is 0 Å². The van der Waals surface area contributed by atoms with Crippen LogP contribution in [0.3, 0.4) is 0 Å². The van der Waals surface area contributed by atoms with E-state index in [4.69, 9.17) is 0 Å². The van der Waals surface area contributed by atoms with Crippen LogP contribution in [0, 0.1) is 6.92 Å². The third-order valence-electron chi connectivity index (χ3n) is 3.20. The van der Waals surface area contributed by atoms with Crippen molar-refractivity contribution >= 4 is 5.65 Å². The Morgan fingerprint density at radius 1 is 1.00 bits per heavy atom. The smallest absolute Gasteiger partial charge is 0.306 e. The lowest BCUT2D eigenvalue weighted by atomic mass is 10.1. The molecular weight excluding hydrogens is 265 g/mol. The fraction of sp³-hybridized carbons (Fsp3) is 0.133. The number of imidazole rings is 1. The Balaban J connectivity index is 2.14. The molecule has 0 unspecified atom stereocenters. The van der Waals surface area contributed by atoms with Crippen molar-refractivity contribution in [1.82, 2.24) is 9.38 Å².